The molecule has 0 aromatic heterocycles. The first kappa shape index (κ1) is 14.2. The Balaban J connectivity index is 3.90. The van der Waals surface area contributed by atoms with Gasteiger partial charge >= 0.3 is 5.97 Å². The van der Waals surface area contributed by atoms with Gasteiger partial charge in [0.2, 0.25) is 5.91 Å². The number of carbonyl (C=O) groups is 2. The minimum Gasteiger partial charge on any atom is -0.480 e. The number of carbonyl (C=O) groups excluding carboxylic acids is 1. The molecule has 92 valence electrons. The summed E-state index contributed by atoms with van der Waals surface area (Å²) in [6.07, 6.45) is 0.725. The largest absolute Gasteiger partial charge is 0.480 e. The summed E-state index contributed by atoms with van der Waals surface area (Å²) in [5.41, 5.74) is 10.1. The number of amides is 1. The van der Waals surface area contributed by atoms with Crippen LogP contribution >= 0.6 is 0 Å². The fourth-order valence-electron chi connectivity index (χ4n) is 1.04. The van der Waals surface area contributed by atoms with Gasteiger partial charge in [0.15, 0.2) is 5.96 Å². The Labute approximate surface area is 92.9 Å². The molecule has 0 aliphatic carbocycles. The van der Waals surface area contributed by atoms with Crippen LogP contribution in [0.25, 0.3) is 0 Å². The minimum absolute atomic E-state index is 0.169. The molecule has 0 aliphatic rings. The highest BCUT2D eigenvalue weighted by Crippen LogP contribution is 1.96. The Morgan fingerprint density at radius 3 is 2.50 bits per heavy atom. The molecule has 0 aromatic carbocycles. The SMILES string of the molecule is N=C(N)NCCC[C@H](NC(=O)CN)C(=O)O. The monoisotopic (exact) mass is 231 g/mol. The predicted molar refractivity (Wildman–Crippen MR) is 57.8 cm³/mol. The van der Waals surface area contributed by atoms with Crippen molar-refractivity contribution in [2.45, 2.75) is 18.9 Å². The topological polar surface area (TPSA) is 154 Å². The number of aliphatic carboxylic acids is 1. The van der Waals surface area contributed by atoms with E-state index in [-0.39, 0.29) is 18.9 Å². The summed E-state index contributed by atoms with van der Waals surface area (Å²) in [6, 6.07) is -0.954. The van der Waals surface area contributed by atoms with Gasteiger partial charge in [-0.25, -0.2) is 4.79 Å². The van der Waals surface area contributed by atoms with Gasteiger partial charge < -0.3 is 27.2 Å². The lowest BCUT2D eigenvalue weighted by atomic mass is 10.1. The van der Waals surface area contributed by atoms with Gasteiger partial charge in [0.05, 0.1) is 6.54 Å². The molecule has 0 fully saturated rings. The summed E-state index contributed by atoms with van der Waals surface area (Å²) < 4.78 is 0. The van der Waals surface area contributed by atoms with E-state index in [1.165, 1.54) is 0 Å². The van der Waals surface area contributed by atoms with E-state index in [2.05, 4.69) is 10.6 Å². The Kier molecular flexibility index (Phi) is 6.61. The first-order valence-electron chi connectivity index (χ1n) is 4.77. The van der Waals surface area contributed by atoms with Crippen molar-refractivity contribution in [1.29, 1.82) is 5.41 Å². The maximum atomic E-state index is 10.9. The van der Waals surface area contributed by atoms with E-state index in [0.717, 1.165) is 0 Å². The van der Waals surface area contributed by atoms with Crippen molar-refractivity contribution in [2.75, 3.05) is 13.1 Å². The third kappa shape index (κ3) is 6.60. The maximum absolute atomic E-state index is 10.9. The van der Waals surface area contributed by atoms with Gasteiger partial charge in [-0.15, -0.1) is 0 Å². The van der Waals surface area contributed by atoms with Crippen LogP contribution in [0.3, 0.4) is 0 Å². The molecule has 1 amide bonds. The minimum atomic E-state index is -1.11. The zero-order valence-corrected chi connectivity index (χ0v) is 8.82. The molecule has 0 unspecified atom stereocenters. The molecule has 0 bridgehead atoms. The van der Waals surface area contributed by atoms with Gasteiger partial charge in [0.1, 0.15) is 6.04 Å². The molecule has 8 N–H and O–H groups in total. The number of nitrogens with one attached hydrogen (secondary N) is 3. The van der Waals surface area contributed by atoms with Crippen molar-refractivity contribution in [3.8, 4) is 0 Å². The van der Waals surface area contributed by atoms with Crippen molar-refractivity contribution in [3.05, 3.63) is 0 Å². The molecule has 16 heavy (non-hydrogen) atoms. The molecule has 0 radical (unpaired) electrons. The Bertz CT molecular complexity index is 268. The molecule has 0 saturated heterocycles. The normalized spacial score (nSPS) is 11.6. The average Bonchev–Trinajstić information content (AvgIpc) is 2.21. The number of rotatable bonds is 7. The second-order valence-electron chi connectivity index (χ2n) is 3.15. The van der Waals surface area contributed by atoms with Crippen LogP contribution < -0.4 is 22.1 Å². The van der Waals surface area contributed by atoms with E-state index in [1.807, 2.05) is 0 Å². The molecular weight excluding hydrogens is 214 g/mol. The summed E-state index contributed by atoms with van der Waals surface area (Å²) in [4.78, 5) is 21.6. The lowest BCUT2D eigenvalue weighted by Gasteiger charge is -2.13. The average molecular weight is 231 g/mol. The second-order valence-corrected chi connectivity index (χ2v) is 3.15. The van der Waals surface area contributed by atoms with E-state index in [9.17, 15) is 9.59 Å². The third-order valence-corrected chi connectivity index (χ3v) is 1.80. The van der Waals surface area contributed by atoms with Crippen molar-refractivity contribution >= 4 is 17.8 Å². The van der Waals surface area contributed by atoms with Crippen molar-refractivity contribution in [3.63, 3.8) is 0 Å². The molecule has 0 heterocycles. The van der Waals surface area contributed by atoms with Crippen LogP contribution in [0.1, 0.15) is 12.8 Å². The van der Waals surface area contributed by atoms with E-state index >= 15 is 0 Å². The van der Waals surface area contributed by atoms with Crippen LogP contribution in [0, 0.1) is 5.41 Å². The molecule has 8 heteroatoms. The zero-order chi connectivity index (χ0) is 12.6. The zero-order valence-electron chi connectivity index (χ0n) is 8.82. The van der Waals surface area contributed by atoms with Crippen LogP contribution in [0.5, 0.6) is 0 Å². The van der Waals surface area contributed by atoms with Gasteiger partial charge in [-0.3, -0.25) is 10.2 Å². The number of nitrogens with two attached hydrogens (primary N) is 2. The summed E-state index contributed by atoms with van der Waals surface area (Å²) in [5, 5.41) is 20.5. The molecule has 1 atom stereocenters. The smallest absolute Gasteiger partial charge is 0.326 e. The molecule has 8 nitrogen and oxygen atoms in total. The third-order valence-electron chi connectivity index (χ3n) is 1.80. The highest BCUT2D eigenvalue weighted by atomic mass is 16.4. The number of hydrogen-bond donors (Lipinski definition) is 6. The maximum Gasteiger partial charge on any atom is 0.326 e. The Morgan fingerprint density at radius 2 is 2.06 bits per heavy atom. The van der Waals surface area contributed by atoms with E-state index in [0.29, 0.717) is 13.0 Å². The molecule has 0 rings (SSSR count). The summed E-state index contributed by atoms with van der Waals surface area (Å²) in [5.74, 6) is -1.78. The molecule has 0 spiro atoms. The lowest BCUT2D eigenvalue weighted by molar-refractivity contribution is -0.141. The van der Waals surface area contributed by atoms with Crippen molar-refractivity contribution < 1.29 is 14.7 Å². The highest BCUT2D eigenvalue weighted by molar-refractivity contribution is 5.84. The summed E-state index contributed by atoms with van der Waals surface area (Å²) >= 11 is 0. The number of carboxylic acid groups (broad SMARTS) is 1. The van der Waals surface area contributed by atoms with Crippen LogP contribution in [0.4, 0.5) is 0 Å². The number of hydrogen-bond acceptors (Lipinski definition) is 4. The highest BCUT2D eigenvalue weighted by Gasteiger charge is 2.18. The predicted octanol–water partition coefficient (Wildman–Crippen LogP) is -2.22. The Hall–Kier alpha value is -1.83. The lowest BCUT2D eigenvalue weighted by Crippen LogP contribution is -2.44. The standard InChI is InChI=1S/C8H17N5O3/c9-4-6(14)13-5(7(15)16)2-1-3-12-8(10)11/h5H,1-4,9H2,(H,13,14)(H,15,16)(H4,10,11,12)/t5-/m0/s1. The van der Waals surface area contributed by atoms with Crippen LogP contribution in [0.2, 0.25) is 0 Å². The second kappa shape index (κ2) is 7.46. The fraction of sp³-hybridized carbons (Fsp3) is 0.625. The summed E-state index contributed by atoms with van der Waals surface area (Å²) in [6.45, 7) is 0.146. The first-order chi connectivity index (χ1) is 7.47. The molecule has 0 aromatic rings. The van der Waals surface area contributed by atoms with Crippen LogP contribution in [-0.4, -0.2) is 42.1 Å². The van der Waals surface area contributed by atoms with Gasteiger partial charge in [0.25, 0.3) is 0 Å². The van der Waals surface area contributed by atoms with Gasteiger partial charge in [-0.05, 0) is 12.8 Å². The molecular formula is C8H17N5O3. The van der Waals surface area contributed by atoms with Gasteiger partial charge in [0, 0.05) is 6.54 Å². The van der Waals surface area contributed by atoms with E-state index in [4.69, 9.17) is 22.0 Å². The van der Waals surface area contributed by atoms with Gasteiger partial charge in [-0.1, -0.05) is 0 Å². The van der Waals surface area contributed by atoms with Gasteiger partial charge in [-0.2, -0.15) is 0 Å². The van der Waals surface area contributed by atoms with Crippen molar-refractivity contribution in [2.24, 2.45) is 11.5 Å². The first-order valence-corrected chi connectivity index (χ1v) is 4.77. The van der Waals surface area contributed by atoms with E-state index < -0.39 is 17.9 Å². The molecule has 0 aliphatic heterocycles. The quantitative estimate of drug-likeness (QED) is 0.166. The summed E-state index contributed by atoms with van der Waals surface area (Å²) in [7, 11) is 0. The van der Waals surface area contributed by atoms with Crippen molar-refractivity contribution in [1.82, 2.24) is 10.6 Å². The number of guanidine groups is 1. The van der Waals surface area contributed by atoms with Crippen LogP contribution in [-0.2, 0) is 9.59 Å². The van der Waals surface area contributed by atoms with Crippen LogP contribution in [0.15, 0.2) is 0 Å². The number of carboxylic acids is 1. The fourth-order valence-corrected chi connectivity index (χ4v) is 1.04. The Morgan fingerprint density at radius 1 is 1.44 bits per heavy atom. The molecule has 0 saturated carbocycles. The van der Waals surface area contributed by atoms with E-state index in [1.54, 1.807) is 0 Å².